The van der Waals surface area contributed by atoms with Gasteiger partial charge in [0.1, 0.15) is 5.82 Å². The van der Waals surface area contributed by atoms with E-state index in [0.29, 0.717) is 28.8 Å². The zero-order chi connectivity index (χ0) is 20.1. The molecule has 10 heteroatoms. The molecule has 0 atom stereocenters. The maximum Gasteiger partial charge on any atom is 0.270 e. The average molecular weight is 401 g/mol. The largest absolute Gasteiger partial charge is 0.325 e. The van der Waals surface area contributed by atoms with Crippen molar-refractivity contribution in [2.75, 3.05) is 11.1 Å². The molecule has 1 amide bonds. The Balaban J connectivity index is 1.71. The highest BCUT2D eigenvalue weighted by Crippen LogP contribution is 2.26. The summed E-state index contributed by atoms with van der Waals surface area (Å²) < 4.78 is 14.7. The fourth-order valence-corrected chi connectivity index (χ4v) is 3.32. The quantitative estimate of drug-likeness (QED) is 0.367. The maximum atomic E-state index is 12.9. The first-order valence-corrected chi connectivity index (χ1v) is 9.32. The Morgan fingerprint density at radius 3 is 2.68 bits per heavy atom. The second kappa shape index (κ2) is 8.61. The number of nitrogens with one attached hydrogen (secondary N) is 1. The molecule has 1 heterocycles. The standard InChI is InChI=1S/C18H16FN5O3S/c1-2-23-17(12-4-3-5-15(10-12)24(26)27)21-22-18(23)28-11-16(25)20-14-8-6-13(19)7-9-14/h3-10H,2,11H2,1H3,(H,20,25). The summed E-state index contributed by atoms with van der Waals surface area (Å²) in [4.78, 5) is 22.6. The van der Waals surface area contributed by atoms with Gasteiger partial charge < -0.3 is 9.88 Å². The highest BCUT2D eigenvalue weighted by Gasteiger charge is 2.16. The van der Waals surface area contributed by atoms with E-state index in [1.54, 1.807) is 16.7 Å². The molecule has 144 valence electrons. The molecule has 28 heavy (non-hydrogen) atoms. The maximum absolute atomic E-state index is 12.9. The van der Waals surface area contributed by atoms with Gasteiger partial charge in [0.05, 0.1) is 10.7 Å². The molecule has 0 spiro atoms. The third-order valence-electron chi connectivity index (χ3n) is 3.81. The second-order valence-corrected chi connectivity index (χ2v) is 6.64. The number of amides is 1. The van der Waals surface area contributed by atoms with Gasteiger partial charge in [-0.2, -0.15) is 0 Å². The summed E-state index contributed by atoms with van der Waals surface area (Å²) >= 11 is 1.20. The first kappa shape index (κ1) is 19.5. The van der Waals surface area contributed by atoms with E-state index in [4.69, 9.17) is 0 Å². The number of benzene rings is 2. The summed E-state index contributed by atoms with van der Waals surface area (Å²) in [7, 11) is 0. The molecular formula is C18H16FN5O3S. The van der Waals surface area contributed by atoms with Crippen LogP contribution in [0.5, 0.6) is 0 Å². The summed E-state index contributed by atoms with van der Waals surface area (Å²) in [6, 6.07) is 11.6. The fourth-order valence-electron chi connectivity index (χ4n) is 2.51. The molecule has 1 N–H and O–H groups in total. The van der Waals surface area contributed by atoms with E-state index in [2.05, 4.69) is 15.5 Å². The number of thioether (sulfide) groups is 1. The Morgan fingerprint density at radius 1 is 1.25 bits per heavy atom. The van der Waals surface area contributed by atoms with E-state index < -0.39 is 4.92 Å². The first-order valence-electron chi connectivity index (χ1n) is 8.34. The number of anilines is 1. The number of aromatic nitrogens is 3. The van der Waals surface area contributed by atoms with Crippen LogP contribution in [0.3, 0.4) is 0 Å². The Bertz CT molecular complexity index is 1010. The van der Waals surface area contributed by atoms with Gasteiger partial charge in [-0.3, -0.25) is 14.9 Å². The van der Waals surface area contributed by atoms with Crippen molar-refractivity contribution in [3.05, 3.63) is 64.5 Å². The number of non-ortho nitro benzene ring substituents is 1. The number of carbonyl (C=O) groups is 1. The summed E-state index contributed by atoms with van der Waals surface area (Å²) in [6.07, 6.45) is 0. The van der Waals surface area contributed by atoms with Crippen LogP contribution in [0.25, 0.3) is 11.4 Å². The van der Waals surface area contributed by atoms with Crippen molar-refractivity contribution >= 4 is 29.0 Å². The number of nitro groups is 1. The summed E-state index contributed by atoms with van der Waals surface area (Å²) in [5.74, 6) is -0.0614. The molecule has 0 aliphatic carbocycles. The Morgan fingerprint density at radius 2 is 2.00 bits per heavy atom. The minimum atomic E-state index is -0.467. The normalized spacial score (nSPS) is 10.6. The van der Waals surface area contributed by atoms with E-state index in [1.165, 1.54) is 48.2 Å². The molecule has 2 aromatic carbocycles. The van der Waals surface area contributed by atoms with Crippen LogP contribution in [0.2, 0.25) is 0 Å². The fraction of sp³-hybridized carbons (Fsp3) is 0.167. The van der Waals surface area contributed by atoms with Crippen LogP contribution < -0.4 is 5.32 Å². The molecule has 1 aromatic heterocycles. The van der Waals surface area contributed by atoms with Crippen molar-refractivity contribution in [2.24, 2.45) is 0 Å². The van der Waals surface area contributed by atoms with Crippen LogP contribution in [0, 0.1) is 15.9 Å². The molecule has 0 radical (unpaired) electrons. The monoisotopic (exact) mass is 401 g/mol. The molecule has 0 aliphatic heterocycles. The van der Waals surface area contributed by atoms with E-state index in [1.807, 2.05) is 6.92 Å². The van der Waals surface area contributed by atoms with Crippen molar-refractivity contribution < 1.29 is 14.1 Å². The van der Waals surface area contributed by atoms with Gasteiger partial charge in [0.25, 0.3) is 5.69 Å². The van der Waals surface area contributed by atoms with Gasteiger partial charge >= 0.3 is 0 Å². The lowest BCUT2D eigenvalue weighted by atomic mass is 10.2. The van der Waals surface area contributed by atoms with Crippen molar-refractivity contribution in [1.82, 2.24) is 14.8 Å². The predicted molar refractivity (Wildman–Crippen MR) is 104 cm³/mol. The van der Waals surface area contributed by atoms with Gasteiger partial charge in [-0.05, 0) is 31.2 Å². The Hall–Kier alpha value is -3.27. The number of nitro benzene ring substituents is 1. The van der Waals surface area contributed by atoms with Crippen LogP contribution in [-0.2, 0) is 11.3 Å². The predicted octanol–water partition coefficient (Wildman–Crippen LogP) is 3.74. The summed E-state index contributed by atoms with van der Waals surface area (Å²) in [5.41, 5.74) is 1.04. The molecule has 0 saturated heterocycles. The second-order valence-electron chi connectivity index (χ2n) is 5.70. The Labute approximate surface area is 163 Å². The lowest BCUT2D eigenvalue weighted by Gasteiger charge is -2.08. The van der Waals surface area contributed by atoms with Crippen LogP contribution >= 0.6 is 11.8 Å². The molecule has 3 rings (SSSR count). The molecule has 8 nitrogen and oxygen atoms in total. The minimum Gasteiger partial charge on any atom is -0.325 e. The van der Waals surface area contributed by atoms with Gasteiger partial charge in [-0.25, -0.2) is 4.39 Å². The van der Waals surface area contributed by atoms with Gasteiger partial charge in [-0.15, -0.1) is 10.2 Å². The van der Waals surface area contributed by atoms with Crippen LogP contribution in [-0.4, -0.2) is 31.3 Å². The smallest absolute Gasteiger partial charge is 0.270 e. The number of rotatable bonds is 7. The molecule has 3 aromatic rings. The van der Waals surface area contributed by atoms with Crippen molar-refractivity contribution in [2.45, 2.75) is 18.6 Å². The van der Waals surface area contributed by atoms with Gasteiger partial charge in [0.15, 0.2) is 11.0 Å². The van der Waals surface area contributed by atoms with E-state index in [0.717, 1.165) is 0 Å². The highest BCUT2D eigenvalue weighted by atomic mass is 32.2. The third-order valence-corrected chi connectivity index (χ3v) is 4.78. The van der Waals surface area contributed by atoms with Crippen molar-refractivity contribution in [3.8, 4) is 11.4 Å². The zero-order valence-electron chi connectivity index (χ0n) is 14.8. The highest BCUT2D eigenvalue weighted by molar-refractivity contribution is 7.99. The lowest BCUT2D eigenvalue weighted by molar-refractivity contribution is -0.384. The minimum absolute atomic E-state index is 0.0315. The number of nitrogens with zero attached hydrogens (tertiary/aromatic N) is 4. The summed E-state index contributed by atoms with van der Waals surface area (Å²) in [6.45, 7) is 2.43. The molecule has 0 saturated carbocycles. The van der Waals surface area contributed by atoms with Crippen molar-refractivity contribution in [3.63, 3.8) is 0 Å². The Kier molecular flexibility index (Phi) is 5.99. The third kappa shape index (κ3) is 4.52. The van der Waals surface area contributed by atoms with Gasteiger partial charge in [-0.1, -0.05) is 23.9 Å². The number of hydrogen-bond donors (Lipinski definition) is 1. The van der Waals surface area contributed by atoms with Crippen LogP contribution in [0.15, 0.2) is 53.7 Å². The molecule has 0 bridgehead atoms. The average Bonchev–Trinajstić information content (AvgIpc) is 3.11. The van der Waals surface area contributed by atoms with E-state index in [-0.39, 0.29) is 23.2 Å². The lowest BCUT2D eigenvalue weighted by Crippen LogP contribution is -2.14. The van der Waals surface area contributed by atoms with Crippen LogP contribution in [0.1, 0.15) is 6.92 Å². The zero-order valence-corrected chi connectivity index (χ0v) is 15.6. The summed E-state index contributed by atoms with van der Waals surface area (Å²) in [5, 5.41) is 22.4. The first-order chi connectivity index (χ1) is 13.5. The van der Waals surface area contributed by atoms with Gasteiger partial charge in [0.2, 0.25) is 5.91 Å². The molecule has 0 fully saturated rings. The molecule has 0 unspecified atom stereocenters. The molecular weight excluding hydrogens is 385 g/mol. The topological polar surface area (TPSA) is 103 Å². The SMILES string of the molecule is CCn1c(SCC(=O)Nc2ccc(F)cc2)nnc1-c1cccc([N+](=O)[O-])c1. The number of carbonyl (C=O) groups excluding carboxylic acids is 1. The van der Waals surface area contributed by atoms with Gasteiger partial charge in [0, 0.05) is 29.9 Å². The van der Waals surface area contributed by atoms with Crippen molar-refractivity contribution in [1.29, 1.82) is 0 Å². The molecule has 0 aliphatic rings. The van der Waals surface area contributed by atoms with Crippen LogP contribution in [0.4, 0.5) is 15.8 Å². The van der Waals surface area contributed by atoms with E-state index >= 15 is 0 Å². The number of halogens is 1. The number of hydrogen-bond acceptors (Lipinski definition) is 6. The van der Waals surface area contributed by atoms with E-state index in [9.17, 15) is 19.3 Å².